The Morgan fingerprint density at radius 3 is 0.945 bits per heavy atom. The van der Waals surface area contributed by atoms with Gasteiger partial charge in [-0.1, -0.05) is 0 Å². The number of hydrogen-bond donors (Lipinski definition) is 16. The second kappa shape index (κ2) is 18.8. The van der Waals surface area contributed by atoms with Gasteiger partial charge in [-0.05, 0) is 0 Å². The largest absolute Gasteiger partial charge is 0.472 e. The topological polar surface area (TPSA) is 562 Å². The number of ether oxygens (including phenoxy) is 3. The number of phosphoric acid groups is 8. The molecule has 2 heterocycles. The Morgan fingerprint density at radius 1 is 0.327 bits per heavy atom. The third-order valence-corrected chi connectivity index (χ3v) is 9.87. The highest BCUT2D eigenvalue weighted by atomic mass is 31.2. The van der Waals surface area contributed by atoms with Crippen LogP contribution >= 0.6 is 62.6 Å². The van der Waals surface area contributed by atoms with Crippen molar-refractivity contribution in [3.63, 3.8) is 0 Å². The van der Waals surface area contributed by atoms with Crippen LogP contribution in [-0.4, -0.2) is 153 Å². The lowest BCUT2D eigenvalue weighted by molar-refractivity contribution is -0.345. The summed E-state index contributed by atoms with van der Waals surface area (Å²) in [5.41, 5.74) is 0. The van der Waals surface area contributed by atoms with Gasteiger partial charge in [0.15, 0.2) is 18.7 Å². The van der Waals surface area contributed by atoms with Crippen molar-refractivity contribution in [1.29, 1.82) is 0 Å². The van der Waals surface area contributed by atoms with Crippen LogP contribution in [-0.2, 0) is 86.9 Å². The summed E-state index contributed by atoms with van der Waals surface area (Å²) in [6.07, 6.45) is -30.0. The van der Waals surface area contributed by atoms with Gasteiger partial charge in [-0.15, -0.1) is 0 Å². The van der Waals surface area contributed by atoms with Gasteiger partial charge in [0.2, 0.25) is 0 Å². The minimum atomic E-state index is -6.20. The second-order valence-corrected chi connectivity index (χ2v) is 19.8. The van der Waals surface area contributed by atoms with Crippen LogP contribution in [0.1, 0.15) is 0 Å². The molecule has 43 heteroatoms. The zero-order valence-corrected chi connectivity index (χ0v) is 32.8. The normalized spacial score (nSPS) is 31.1. The minimum Gasteiger partial charge on any atom is -0.341 e. The summed E-state index contributed by atoms with van der Waals surface area (Å²) >= 11 is 0. The Bertz CT molecular complexity index is 1680. The molecule has 0 spiro atoms. The summed E-state index contributed by atoms with van der Waals surface area (Å²) in [5, 5.41) is 0. The fourth-order valence-electron chi connectivity index (χ4n) is 4.40. The Labute approximate surface area is 302 Å². The Balaban J connectivity index is 2.97. The van der Waals surface area contributed by atoms with E-state index in [1.807, 2.05) is 0 Å². The summed E-state index contributed by atoms with van der Waals surface area (Å²) in [7, 11) is -48.1. The molecule has 0 aromatic heterocycles. The molecule has 10 atom stereocenters. The van der Waals surface area contributed by atoms with Crippen molar-refractivity contribution in [3.05, 3.63) is 0 Å². The standard InChI is InChI=1S/C12H30O35P8/c13-48(14,15)37-1-3-5(7(43-51(22,23)24)10(46-54(31,32)33)12(40-3)47-55(34,35)36)41-11-9(45-53(28,29)30)8(44-52(25,26)27)6(42-50(19,20)21)4(39-11)2-38-49(16,17)18/h3-12H,1-2H2,(H2,13,14,15)(H2,16,17,18)(H2,19,20,21)(H2,22,23,24)(H2,25,26,27)(H2,28,29,30)(H2,31,32,33)(H2,34,35,36)/t3?,4?,5-,6+,7+,8?,9+,10?,11+,12?/m1/s1. The molecule has 5 unspecified atom stereocenters. The van der Waals surface area contributed by atoms with Crippen LogP contribution in [0.25, 0.3) is 0 Å². The SMILES string of the molecule is O=P(O)(O)OCC1O[C@@H](O[C@@H]2C(COP(=O)(O)O)OC(OP(=O)(O)O)C(OP(=O)(O)O)[C@H]2OP(=O)(O)O)[C@@H](OP(=O)(O)O)C(OP(=O)(O)O)[C@H]1OP(=O)(O)O. The van der Waals surface area contributed by atoms with Gasteiger partial charge in [0, 0.05) is 0 Å². The van der Waals surface area contributed by atoms with E-state index in [9.17, 15) is 115 Å². The van der Waals surface area contributed by atoms with E-state index >= 15 is 0 Å². The molecule has 0 aromatic carbocycles. The first-order chi connectivity index (χ1) is 24.2. The Morgan fingerprint density at radius 2 is 0.600 bits per heavy atom. The third kappa shape index (κ3) is 20.3. The average molecular weight is 982 g/mol. The van der Waals surface area contributed by atoms with Crippen LogP contribution in [0.3, 0.4) is 0 Å². The highest BCUT2D eigenvalue weighted by Crippen LogP contribution is 2.54. The lowest BCUT2D eigenvalue weighted by Crippen LogP contribution is -2.66. The summed E-state index contributed by atoms with van der Waals surface area (Å²) in [6, 6.07) is 0. The highest BCUT2D eigenvalue weighted by molar-refractivity contribution is 7.48. The first-order valence-electron chi connectivity index (χ1n) is 13.0. The van der Waals surface area contributed by atoms with Crippen molar-refractivity contribution < 1.29 is 165 Å². The fraction of sp³-hybridized carbons (Fsp3) is 1.00. The molecule has 0 bridgehead atoms. The van der Waals surface area contributed by atoms with E-state index in [1.165, 1.54) is 0 Å². The second-order valence-electron chi connectivity index (χ2n) is 10.2. The van der Waals surface area contributed by atoms with E-state index in [0.29, 0.717) is 0 Å². The molecule has 328 valence electrons. The minimum absolute atomic E-state index is 1.74. The maximum atomic E-state index is 12.1. The smallest absolute Gasteiger partial charge is 0.341 e. The predicted molar refractivity (Wildman–Crippen MR) is 156 cm³/mol. The molecule has 2 fully saturated rings. The third-order valence-electron chi connectivity index (χ3n) is 5.82. The van der Waals surface area contributed by atoms with Gasteiger partial charge in [0.25, 0.3) is 0 Å². The Hall–Kier alpha value is 0.760. The van der Waals surface area contributed by atoms with E-state index < -0.39 is 137 Å². The van der Waals surface area contributed by atoms with Crippen molar-refractivity contribution in [2.45, 2.75) is 61.4 Å². The van der Waals surface area contributed by atoms with Gasteiger partial charge in [0.1, 0.15) is 42.7 Å². The van der Waals surface area contributed by atoms with Crippen LogP contribution in [0.5, 0.6) is 0 Å². The van der Waals surface area contributed by atoms with Crippen molar-refractivity contribution in [3.8, 4) is 0 Å². The molecule has 0 aliphatic carbocycles. The number of rotatable bonds is 20. The van der Waals surface area contributed by atoms with Crippen molar-refractivity contribution in [1.82, 2.24) is 0 Å². The van der Waals surface area contributed by atoms with Gasteiger partial charge in [-0.3, -0.25) is 36.2 Å². The van der Waals surface area contributed by atoms with Crippen LogP contribution in [0, 0.1) is 0 Å². The maximum Gasteiger partial charge on any atom is 0.472 e. The van der Waals surface area contributed by atoms with Crippen LogP contribution in [0.15, 0.2) is 0 Å². The van der Waals surface area contributed by atoms with Crippen LogP contribution in [0.2, 0.25) is 0 Å². The lowest BCUT2D eigenvalue weighted by atomic mass is 9.97. The summed E-state index contributed by atoms with van der Waals surface area (Å²) in [4.78, 5) is 151. The van der Waals surface area contributed by atoms with E-state index in [-0.39, 0.29) is 0 Å². The van der Waals surface area contributed by atoms with Crippen molar-refractivity contribution in [2.75, 3.05) is 13.2 Å². The van der Waals surface area contributed by atoms with Gasteiger partial charge in [-0.2, -0.15) is 0 Å². The number of phosphoric ester groups is 8. The fourth-order valence-corrected chi connectivity index (χ4v) is 8.28. The van der Waals surface area contributed by atoms with Crippen LogP contribution in [0.4, 0.5) is 0 Å². The van der Waals surface area contributed by atoms with Gasteiger partial charge in [-0.25, -0.2) is 36.5 Å². The van der Waals surface area contributed by atoms with E-state index in [2.05, 4.69) is 36.2 Å². The zero-order valence-electron chi connectivity index (χ0n) is 25.7. The zero-order chi connectivity index (χ0) is 43.0. The molecule has 2 rings (SSSR count). The number of hydrogen-bond acceptors (Lipinski definition) is 19. The van der Waals surface area contributed by atoms with Crippen molar-refractivity contribution in [2.24, 2.45) is 0 Å². The molecule has 55 heavy (non-hydrogen) atoms. The predicted octanol–water partition coefficient (Wildman–Crippen LogP) is -4.46. The first kappa shape index (κ1) is 51.9. The molecule has 0 aromatic rings. The molecular weight excluding hydrogens is 952 g/mol. The summed E-state index contributed by atoms with van der Waals surface area (Å²) in [6.45, 7) is -3.50. The van der Waals surface area contributed by atoms with Gasteiger partial charge < -0.3 is 92.5 Å². The molecule has 2 aliphatic heterocycles. The molecule has 2 saturated heterocycles. The van der Waals surface area contributed by atoms with Gasteiger partial charge in [0.05, 0.1) is 13.2 Å². The van der Waals surface area contributed by atoms with E-state index in [0.717, 1.165) is 0 Å². The quantitative estimate of drug-likeness (QED) is 0.0512. The lowest BCUT2D eigenvalue weighted by Gasteiger charge is -2.49. The molecule has 35 nitrogen and oxygen atoms in total. The van der Waals surface area contributed by atoms with E-state index in [1.54, 1.807) is 0 Å². The molecule has 2 aliphatic rings. The molecule has 0 saturated carbocycles. The highest BCUT2D eigenvalue weighted by Gasteiger charge is 2.60. The molecular formula is C12H30O35P8. The van der Waals surface area contributed by atoms with E-state index in [4.69, 9.17) is 14.2 Å². The first-order valence-corrected chi connectivity index (χ1v) is 25.3. The Kier molecular flexibility index (Phi) is 17.7. The van der Waals surface area contributed by atoms with Crippen LogP contribution < -0.4 is 0 Å². The summed E-state index contributed by atoms with van der Waals surface area (Å²) in [5.74, 6) is 0. The summed E-state index contributed by atoms with van der Waals surface area (Å²) < 4.78 is 144. The molecule has 0 amide bonds. The van der Waals surface area contributed by atoms with Crippen molar-refractivity contribution >= 4 is 62.6 Å². The maximum absolute atomic E-state index is 12.1. The van der Waals surface area contributed by atoms with Gasteiger partial charge >= 0.3 is 62.6 Å². The molecule has 16 N–H and O–H groups in total. The monoisotopic (exact) mass is 982 g/mol. The average Bonchev–Trinajstić information content (AvgIpc) is 2.88. The molecule has 0 radical (unpaired) electrons.